The molecule has 21 heavy (non-hydrogen) atoms. The maximum Gasteiger partial charge on any atom is 0.339 e. The first kappa shape index (κ1) is 13.0. The number of aromatic carboxylic acids is 1. The fourth-order valence-corrected chi connectivity index (χ4v) is 2.23. The van der Waals surface area contributed by atoms with Gasteiger partial charge in [0.05, 0.1) is 16.9 Å². The summed E-state index contributed by atoms with van der Waals surface area (Å²) in [5.41, 5.74) is 2.22. The molecule has 0 bridgehead atoms. The molecule has 0 spiro atoms. The molecule has 2 heterocycles. The van der Waals surface area contributed by atoms with Crippen molar-refractivity contribution in [1.82, 2.24) is 14.8 Å². The van der Waals surface area contributed by atoms with E-state index in [1.54, 1.807) is 25.3 Å². The van der Waals surface area contributed by atoms with Gasteiger partial charge in [-0.25, -0.2) is 9.48 Å². The van der Waals surface area contributed by atoms with Crippen LogP contribution < -0.4 is 0 Å². The van der Waals surface area contributed by atoms with Gasteiger partial charge in [0.1, 0.15) is 5.56 Å². The van der Waals surface area contributed by atoms with Gasteiger partial charge in [0.25, 0.3) is 0 Å². The van der Waals surface area contributed by atoms with Crippen molar-refractivity contribution >= 4 is 23.2 Å². The Balaban J connectivity index is 2.23. The molecule has 0 aliphatic heterocycles. The van der Waals surface area contributed by atoms with Crippen LogP contribution in [0.4, 0.5) is 0 Å². The molecule has 0 unspecified atom stereocenters. The predicted octanol–water partition coefficient (Wildman–Crippen LogP) is 2.24. The van der Waals surface area contributed by atoms with Gasteiger partial charge in [0.15, 0.2) is 6.29 Å². The lowest BCUT2D eigenvalue weighted by Gasteiger charge is -2.05. The summed E-state index contributed by atoms with van der Waals surface area (Å²) in [6.45, 7) is 1.63. The molecule has 1 aromatic carbocycles. The second-order valence-electron chi connectivity index (χ2n) is 4.61. The molecule has 0 saturated heterocycles. The fourth-order valence-electron chi connectivity index (χ4n) is 2.23. The van der Waals surface area contributed by atoms with Crippen molar-refractivity contribution in [2.75, 3.05) is 0 Å². The van der Waals surface area contributed by atoms with E-state index in [1.165, 1.54) is 10.9 Å². The molecule has 0 amide bonds. The number of carboxylic acid groups (broad SMARTS) is 1. The lowest BCUT2D eigenvalue weighted by molar-refractivity contribution is 0.0696. The van der Waals surface area contributed by atoms with E-state index in [-0.39, 0.29) is 5.56 Å². The van der Waals surface area contributed by atoms with E-state index in [9.17, 15) is 9.59 Å². The number of pyridine rings is 1. The molecule has 0 atom stereocenters. The SMILES string of the molecule is Cc1nn(-c2cc(C=O)c3ncccc3c2)cc1C(=O)O. The van der Waals surface area contributed by atoms with Crippen molar-refractivity contribution in [2.45, 2.75) is 6.92 Å². The molecule has 0 fully saturated rings. The van der Waals surface area contributed by atoms with Crippen molar-refractivity contribution < 1.29 is 14.7 Å². The zero-order valence-electron chi connectivity index (χ0n) is 11.1. The van der Waals surface area contributed by atoms with Crippen LogP contribution in [-0.2, 0) is 0 Å². The number of rotatable bonds is 3. The third kappa shape index (κ3) is 2.16. The van der Waals surface area contributed by atoms with Crippen molar-refractivity contribution in [2.24, 2.45) is 0 Å². The minimum Gasteiger partial charge on any atom is -0.478 e. The van der Waals surface area contributed by atoms with Crippen LogP contribution in [0.5, 0.6) is 0 Å². The summed E-state index contributed by atoms with van der Waals surface area (Å²) in [5.74, 6) is -1.03. The minimum absolute atomic E-state index is 0.133. The Morgan fingerprint density at radius 2 is 2.19 bits per heavy atom. The highest BCUT2D eigenvalue weighted by molar-refractivity contribution is 5.97. The van der Waals surface area contributed by atoms with Crippen LogP contribution in [0.3, 0.4) is 0 Å². The summed E-state index contributed by atoms with van der Waals surface area (Å²) < 4.78 is 1.46. The van der Waals surface area contributed by atoms with Gasteiger partial charge in [0.2, 0.25) is 0 Å². The van der Waals surface area contributed by atoms with E-state index < -0.39 is 5.97 Å². The second kappa shape index (κ2) is 4.82. The normalized spacial score (nSPS) is 10.7. The smallest absolute Gasteiger partial charge is 0.339 e. The molecule has 6 nitrogen and oxygen atoms in total. The first-order valence-electron chi connectivity index (χ1n) is 6.24. The monoisotopic (exact) mass is 281 g/mol. The molecule has 2 aromatic heterocycles. The van der Waals surface area contributed by atoms with Gasteiger partial charge in [0, 0.05) is 23.3 Å². The summed E-state index contributed by atoms with van der Waals surface area (Å²) >= 11 is 0. The molecule has 3 aromatic rings. The average molecular weight is 281 g/mol. The summed E-state index contributed by atoms with van der Waals surface area (Å²) in [6, 6.07) is 7.07. The first-order chi connectivity index (χ1) is 10.1. The van der Waals surface area contributed by atoms with Crippen LogP contribution in [0.25, 0.3) is 16.6 Å². The van der Waals surface area contributed by atoms with Gasteiger partial charge in [-0.05, 0) is 25.1 Å². The number of nitrogens with zero attached hydrogens (tertiary/aromatic N) is 3. The molecular formula is C15H11N3O3. The molecule has 6 heteroatoms. The van der Waals surface area contributed by atoms with E-state index >= 15 is 0 Å². The van der Waals surface area contributed by atoms with Crippen LogP contribution >= 0.6 is 0 Å². The number of carbonyl (C=O) groups excluding carboxylic acids is 1. The highest BCUT2D eigenvalue weighted by atomic mass is 16.4. The highest BCUT2D eigenvalue weighted by Crippen LogP contribution is 2.21. The Labute approximate surface area is 119 Å². The fraction of sp³-hybridized carbons (Fsp3) is 0.0667. The largest absolute Gasteiger partial charge is 0.478 e. The molecule has 0 saturated carbocycles. The van der Waals surface area contributed by atoms with E-state index in [4.69, 9.17) is 5.11 Å². The number of aromatic nitrogens is 3. The summed E-state index contributed by atoms with van der Waals surface area (Å²) in [4.78, 5) is 26.5. The lowest BCUT2D eigenvalue weighted by atomic mass is 10.1. The zero-order chi connectivity index (χ0) is 15.0. The minimum atomic E-state index is -1.03. The highest BCUT2D eigenvalue weighted by Gasteiger charge is 2.14. The van der Waals surface area contributed by atoms with Crippen molar-refractivity contribution in [3.63, 3.8) is 0 Å². The Morgan fingerprint density at radius 1 is 1.38 bits per heavy atom. The number of fused-ring (bicyclic) bond motifs is 1. The van der Waals surface area contributed by atoms with Crippen LogP contribution in [0.2, 0.25) is 0 Å². The summed E-state index contributed by atoms with van der Waals surface area (Å²) in [6.07, 6.45) is 3.78. The first-order valence-corrected chi connectivity index (χ1v) is 6.24. The second-order valence-corrected chi connectivity index (χ2v) is 4.61. The van der Waals surface area contributed by atoms with Gasteiger partial charge < -0.3 is 5.11 Å². The third-order valence-electron chi connectivity index (χ3n) is 3.24. The number of aryl methyl sites for hydroxylation is 1. The Hall–Kier alpha value is -3.02. The van der Waals surface area contributed by atoms with E-state index in [1.807, 2.05) is 12.1 Å². The topological polar surface area (TPSA) is 85.1 Å². The summed E-state index contributed by atoms with van der Waals surface area (Å²) in [7, 11) is 0. The number of aldehydes is 1. The maximum absolute atomic E-state index is 11.2. The Bertz CT molecular complexity index is 868. The van der Waals surface area contributed by atoms with Gasteiger partial charge in [-0.2, -0.15) is 5.10 Å². The molecule has 0 aliphatic carbocycles. The molecule has 104 valence electrons. The van der Waals surface area contributed by atoms with Crippen LogP contribution in [-0.4, -0.2) is 32.1 Å². The number of benzene rings is 1. The van der Waals surface area contributed by atoms with E-state index in [0.29, 0.717) is 22.5 Å². The van der Waals surface area contributed by atoms with E-state index in [2.05, 4.69) is 10.1 Å². The van der Waals surface area contributed by atoms with Gasteiger partial charge in [-0.1, -0.05) is 6.07 Å². The zero-order valence-corrected chi connectivity index (χ0v) is 11.1. The third-order valence-corrected chi connectivity index (χ3v) is 3.24. The van der Waals surface area contributed by atoms with Crippen molar-refractivity contribution in [3.8, 4) is 5.69 Å². The summed E-state index contributed by atoms with van der Waals surface area (Å²) in [5, 5.41) is 14.1. The number of carbonyl (C=O) groups is 2. The van der Waals surface area contributed by atoms with Crippen LogP contribution in [0.15, 0.2) is 36.7 Å². The predicted molar refractivity (Wildman–Crippen MR) is 75.9 cm³/mol. The number of carboxylic acids is 1. The molecular weight excluding hydrogens is 270 g/mol. The van der Waals surface area contributed by atoms with Crippen molar-refractivity contribution in [1.29, 1.82) is 0 Å². The van der Waals surface area contributed by atoms with Crippen LogP contribution in [0.1, 0.15) is 26.4 Å². The van der Waals surface area contributed by atoms with Gasteiger partial charge in [-0.15, -0.1) is 0 Å². The average Bonchev–Trinajstić information content (AvgIpc) is 2.88. The van der Waals surface area contributed by atoms with E-state index in [0.717, 1.165) is 11.7 Å². The van der Waals surface area contributed by atoms with Crippen LogP contribution in [0, 0.1) is 6.92 Å². The molecule has 0 radical (unpaired) electrons. The Kier molecular flexibility index (Phi) is 2.98. The number of hydrogen-bond donors (Lipinski definition) is 1. The van der Waals surface area contributed by atoms with Crippen molar-refractivity contribution in [3.05, 3.63) is 53.5 Å². The number of hydrogen-bond acceptors (Lipinski definition) is 4. The molecule has 0 aliphatic rings. The molecule has 1 N–H and O–H groups in total. The maximum atomic E-state index is 11.2. The lowest BCUT2D eigenvalue weighted by Crippen LogP contribution is -1.98. The standard InChI is InChI=1S/C15H11N3O3/c1-9-13(15(20)21)7-18(17-9)12-5-10-3-2-4-16-14(10)11(6-12)8-19/h2-8H,1H3,(H,20,21). The molecule has 3 rings (SSSR count). The van der Waals surface area contributed by atoms with Gasteiger partial charge in [-0.3, -0.25) is 9.78 Å². The van der Waals surface area contributed by atoms with Gasteiger partial charge >= 0.3 is 5.97 Å². The Morgan fingerprint density at radius 3 is 2.86 bits per heavy atom. The quantitative estimate of drug-likeness (QED) is 0.744.